The zero-order chi connectivity index (χ0) is 13.0. The fraction of sp³-hybridized carbons (Fsp3) is 0.500. The van der Waals surface area contributed by atoms with Crippen LogP contribution in [-0.2, 0) is 0 Å². The number of carbonyl (C=O) groups is 1. The molecule has 1 aromatic rings. The third-order valence-corrected chi connectivity index (χ3v) is 3.14. The fourth-order valence-corrected chi connectivity index (χ4v) is 1.91. The van der Waals surface area contributed by atoms with Gasteiger partial charge in [-0.25, -0.2) is 4.79 Å². The van der Waals surface area contributed by atoms with E-state index in [4.69, 9.17) is 5.11 Å². The predicted octanol–water partition coefficient (Wildman–Crippen LogP) is 3.18. The van der Waals surface area contributed by atoms with Crippen molar-refractivity contribution in [3.8, 4) is 0 Å². The van der Waals surface area contributed by atoms with Crippen molar-refractivity contribution in [2.24, 2.45) is 5.92 Å². The fourth-order valence-electron chi connectivity index (χ4n) is 1.91. The maximum atomic E-state index is 10.8. The molecule has 0 saturated heterocycles. The quantitative estimate of drug-likeness (QED) is 0.852. The van der Waals surface area contributed by atoms with Crippen molar-refractivity contribution in [1.82, 2.24) is 0 Å². The monoisotopic (exact) mass is 235 g/mol. The Labute approximate surface area is 103 Å². The smallest absolute Gasteiger partial charge is 0.335 e. The molecule has 0 spiro atoms. The van der Waals surface area contributed by atoms with Crippen molar-refractivity contribution in [1.29, 1.82) is 0 Å². The lowest BCUT2D eigenvalue weighted by atomic mass is 10.1. The van der Waals surface area contributed by atoms with Crippen LogP contribution in [0.2, 0.25) is 0 Å². The van der Waals surface area contributed by atoms with Crippen molar-refractivity contribution < 1.29 is 9.90 Å². The Kier molecular flexibility index (Phi) is 4.55. The van der Waals surface area contributed by atoms with Gasteiger partial charge in [-0.15, -0.1) is 0 Å². The second-order valence-corrected chi connectivity index (χ2v) is 4.70. The summed E-state index contributed by atoms with van der Waals surface area (Å²) in [4.78, 5) is 13.0. The number of aryl methyl sites for hydroxylation is 1. The van der Waals surface area contributed by atoms with Gasteiger partial charge in [0.25, 0.3) is 0 Å². The molecule has 0 aromatic heterocycles. The molecule has 1 aromatic carbocycles. The molecule has 0 amide bonds. The van der Waals surface area contributed by atoms with Crippen molar-refractivity contribution in [3.05, 3.63) is 29.3 Å². The molecule has 0 heterocycles. The third kappa shape index (κ3) is 3.48. The Hall–Kier alpha value is -1.51. The molecule has 1 N–H and O–H groups in total. The molecular formula is C14H21NO2. The summed E-state index contributed by atoms with van der Waals surface area (Å²) < 4.78 is 0. The molecule has 0 fully saturated rings. The van der Waals surface area contributed by atoms with Gasteiger partial charge in [0.15, 0.2) is 0 Å². The SMILES string of the molecule is CCC(C)CN(C)c1ccc(C(=O)O)cc1C. The highest BCUT2D eigenvalue weighted by atomic mass is 16.4. The van der Waals surface area contributed by atoms with Gasteiger partial charge in [0.2, 0.25) is 0 Å². The first kappa shape index (κ1) is 13.6. The molecule has 3 nitrogen and oxygen atoms in total. The molecule has 0 bridgehead atoms. The van der Waals surface area contributed by atoms with Crippen molar-refractivity contribution in [3.63, 3.8) is 0 Å². The topological polar surface area (TPSA) is 40.5 Å². The first-order valence-corrected chi connectivity index (χ1v) is 6.00. The summed E-state index contributed by atoms with van der Waals surface area (Å²) in [6, 6.07) is 5.28. The van der Waals surface area contributed by atoms with Crippen LogP contribution < -0.4 is 4.90 Å². The minimum atomic E-state index is -0.871. The summed E-state index contributed by atoms with van der Waals surface area (Å²) >= 11 is 0. The van der Waals surface area contributed by atoms with E-state index in [9.17, 15) is 4.79 Å². The Morgan fingerprint density at radius 1 is 1.47 bits per heavy atom. The van der Waals surface area contributed by atoms with Gasteiger partial charge in [-0.1, -0.05) is 20.3 Å². The minimum absolute atomic E-state index is 0.350. The predicted molar refractivity (Wildman–Crippen MR) is 70.9 cm³/mol. The van der Waals surface area contributed by atoms with E-state index in [0.29, 0.717) is 11.5 Å². The Morgan fingerprint density at radius 2 is 2.12 bits per heavy atom. The third-order valence-electron chi connectivity index (χ3n) is 3.14. The van der Waals surface area contributed by atoms with Gasteiger partial charge in [-0.2, -0.15) is 0 Å². The van der Waals surface area contributed by atoms with Gasteiger partial charge < -0.3 is 10.0 Å². The number of hydrogen-bond acceptors (Lipinski definition) is 2. The Balaban J connectivity index is 2.88. The Bertz CT molecular complexity index is 401. The van der Waals surface area contributed by atoms with E-state index in [1.807, 2.05) is 13.0 Å². The molecule has 17 heavy (non-hydrogen) atoms. The minimum Gasteiger partial charge on any atom is -0.478 e. The van der Waals surface area contributed by atoms with Gasteiger partial charge in [0.1, 0.15) is 0 Å². The van der Waals surface area contributed by atoms with Gasteiger partial charge in [-0.05, 0) is 36.6 Å². The van der Waals surface area contributed by atoms with Gasteiger partial charge in [0.05, 0.1) is 5.56 Å². The molecule has 94 valence electrons. The van der Waals surface area contributed by atoms with Crippen LogP contribution in [0.3, 0.4) is 0 Å². The first-order valence-electron chi connectivity index (χ1n) is 6.00. The highest BCUT2D eigenvalue weighted by Crippen LogP contribution is 2.21. The number of aromatic carboxylic acids is 1. The normalized spacial score (nSPS) is 12.2. The lowest BCUT2D eigenvalue weighted by Crippen LogP contribution is -2.24. The summed E-state index contributed by atoms with van der Waals surface area (Å²) in [5.74, 6) is -0.234. The van der Waals surface area contributed by atoms with E-state index in [0.717, 1.165) is 24.2 Å². The largest absolute Gasteiger partial charge is 0.478 e. The lowest BCUT2D eigenvalue weighted by Gasteiger charge is -2.24. The average Bonchev–Trinajstić information content (AvgIpc) is 2.28. The van der Waals surface area contributed by atoms with E-state index < -0.39 is 5.97 Å². The summed E-state index contributed by atoms with van der Waals surface area (Å²) in [5.41, 5.74) is 2.47. The van der Waals surface area contributed by atoms with Crippen LogP contribution in [0.4, 0.5) is 5.69 Å². The van der Waals surface area contributed by atoms with Crippen LogP contribution in [0.15, 0.2) is 18.2 Å². The highest BCUT2D eigenvalue weighted by Gasteiger charge is 2.10. The standard InChI is InChI=1S/C14H21NO2/c1-5-10(2)9-15(4)13-7-6-12(14(16)17)8-11(13)3/h6-8,10H,5,9H2,1-4H3,(H,16,17). The zero-order valence-electron chi connectivity index (χ0n) is 11.0. The van der Waals surface area contributed by atoms with Gasteiger partial charge in [0, 0.05) is 19.3 Å². The second kappa shape index (κ2) is 5.71. The summed E-state index contributed by atoms with van der Waals surface area (Å²) in [6.07, 6.45) is 1.15. The number of rotatable bonds is 5. The molecule has 1 atom stereocenters. The molecule has 1 unspecified atom stereocenters. The van der Waals surface area contributed by atoms with E-state index in [1.165, 1.54) is 0 Å². The number of anilines is 1. The lowest BCUT2D eigenvalue weighted by molar-refractivity contribution is 0.0697. The number of carboxylic acid groups (broad SMARTS) is 1. The first-order chi connectivity index (χ1) is 7.95. The number of nitrogens with zero attached hydrogens (tertiary/aromatic N) is 1. The van der Waals surface area contributed by atoms with Crippen LogP contribution in [-0.4, -0.2) is 24.7 Å². The summed E-state index contributed by atoms with van der Waals surface area (Å²) in [7, 11) is 2.05. The van der Waals surface area contributed by atoms with Crippen molar-refractivity contribution >= 4 is 11.7 Å². The van der Waals surface area contributed by atoms with Crippen LogP contribution in [0.25, 0.3) is 0 Å². The number of benzene rings is 1. The van der Waals surface area contributed by atoms with E-state index >= 15 is 0 Å². The van der Waals surface area contributed by atoms with Gasteiger partial charge >= 0.3 is 5.97 Å². The molecular weight excluding hydrogens is 214 g/mol. The van der Waals surface area contributed by atoms with E-state index in [2.05, 4.69) is 25.8 Å². The van der Waals surface area contributed by atoms with Crippen LogP contribution >= 0.6 is 0 Å². The maximum Gasteiger partial charge on any atom is 0.335 e. The molecule has 0 aliphatic rings. The van der Waals surface area contributed by atoms with Crippen LogP contribution in [0.1, 0.15) is 36.2 Å². The van der Waals surface area contributed by atoms with Crippen LogP contribution in [0.5, 0.6) is 0 Å². The second-order valence-electron chi connectivity index (χ2n) is 4.70. The molecule has 1 rings (SSSR count). The molecule has 3 heteroatoms. The number of hydrogen-bond donors (Lipinski definition) is 1. The molecule has 0 aliphatic heterocycles. The van der Waals surface area contributed by atoms with E-state index in [-0.39, 0.29) is 0 Å². The van der Waals surface area contributed by atoms with Crippen molar-refractivity contribution in [2.75, 3.05) is 18.5 Å². The molecule has 0 radical (unpaired) electrons. The molecule has 0 saturated carbocycles. The summed E-state index contributed by atoms with van der Waals surface area (Å²) in [5, 5.41) is 8.91. The summed E-state index contributed by atoms with van der Waals surface area (Å²) in [6.45, 7) is 7.34. The van der Waals surface area contributed by atoms with Crippen molar-refractivity contribution in [2.45, 2.75) is 27.2 Å². The number of carboxylic acids is 1. The maximum absolute atomic E-state index is 10.8. The molecule has 0 aliphatic carbocycles. The van der Waals surface area contributed by atoms with Crippen LogP contribution in [0, 0.1) is 12.8 Å². The highest BCUT2D eigenvalue weighted by molar-refractivity contribution is 5.88. The Morgan fingerprint density at radius 3 is 2.59 bits per heavy atom. The van der Waals surface area contributed by atoms with Gasteiger partial charge in [-0.3, -0.25) is 0 Å². The van der Waals surface area contributed by atoms with E-state index in [1.54, 1.807) is 12.1 Å². The average molecular weight is 235 g/mol. The zero-order valence-corrected chi connectivity index (χ0v) is 11.0.